The highest BCUT2D eigenvalue weighted by Gasteiger charge is 2.31. The van der Waals surface area contributed by atoms with Crippen molar-refractivity contribution in [1.29, 1.82) is 0 Å². The fraction of sp³-hybridized carbons (Fsp3) is 0.368. The largest absolute Gasteiger partial charge is 0.426 e. The first-order valence-corrected chi connectivity index (χ1v) is 8.44. The fourth-order valence-corrected chi connectivity index (χ4v) is 3.46. The standard InChI is InChI=1S/C19H21N3O2/c1-13-12-22(9-8-20-13)15-6-5-14-10-16(17-4-2-3-7-21-17)19(23)24-18(14)11-15/h2-7,11,13,16,20H,8-10,12H2,1H3/t13-,16?/m0/s1. The lowest BCUT2D eigenvalue weighted by atomic mass is 9.92. The van der Waals surface area contributed by atoms with Crippen molar-refractivity contribution < 1.29 is 9.53 Å². The molecule has 0 radical (unpaired) electrons. The predicted octanol–water partition coefficient (Wildman–Crippen LogP) is 2.13. The first kappa shape index (κ1) is 15.1. The number of fused-ring (bicyclic) bond motifs is 1. The molecule has 5 heteroatoms. The summed E-state index contributed by atoms with van der Waals surface area (Å²) in [5.41, 5.74) is 2.96. The Morgan fingerprint density at radius 2 is 2.21 bits per heavy atom. The van der Waals surface area contributed by atoms with Gasteiger partial charge < -0.3 is 15.0 Å². The van der Waals surface area contributed by atoms with Crippen LogP contribution in [0, 0.1) is 0 Å². The molecule has 124 valence electrons. The minimum atomic E-state index is -0.316. The molecule has 2 aromatic rings. The molecule has 2 aliphatic rings. The number of nitrogens with zero attached hydrogens (tertiary/aromatic N) is 2. The molecule has 4 rings (SSSR count). The molecular weight excluding hydrogens is 302 g/mol. The Hall–Kier alpha value is -2.40. The van der Waals surface area contributed by atoms with E-state index in [2.05, 4.69) is 34.3 Å². The Balaban J connectivity index is 1.59. The van der Waals surface area contributed by atoms with Crippen molar-refractivity contribution in [2.24, 2.45) is 0 Å². The number of anilines is 1. The van der Waals surface area contributed by atoms with E-state index in [0.717, 1.165) is 36.6 Å². The summed E-state index contributed by atoms with van der Waals surface area (Å²) in [6.07, 6.45) is 2.36. The minimum Gasteiger partial charge on any atom is -0.426 e. The van der Waals surface area contributed by atoms with Crippen LogP contribution in [0.5, 0.6) is 5.75 Å². The number of piperazine rings is 1. The number of carbonyl (C=O) groups is 1. The van der Waals surface area contributed by atoms with Crippen LogP contribution in [0.4, 0.5) is 5.69 Å². The topological polar surface area (TPSA) is 54.5 Å². The number of aromatic nitrogens is 1. The average molecular weight is 323 g/mol. The fourth-order valence-electron chi connectivity index (χ4n) is 3.46. The second-order valence-corrected chi connectivity index (χ2v) is 6.53. The Morgan fingerprint density at radius 1 is 1.29 bits per heavy atom. The van der Waals surface area contributed by atoms with E-state index in [0.29, 0.717) is 18.2 Å². The lowest BCUT2D eigenvalue weighted by Gasteiger charge is -2.34. The zero-order chi connectivity index (χ0) is 16.5. The van der Waals surface area contributed by atoms with Gasteiger partial charge in [-0.3, -0.25) is 9.78 Å². The number of ether oxygens (including phenoxy) is 1. The summed E-state index contributed by atoms with van der Waals surface area (Å²) < 4.78 is 5.64. The van der Waals surface area contributed by atoms with E-state index in [1.807, 2.05) is 24.3 Å². The number of hydrogen-bond acceptors (Lipinski definition) is 5. The molecule has 1 saturated heterocycles. The van der Waals surface area contributed by atoms with Gasteiger partial charge in [0.1, 0.15) is 11.7 Å². The number of nitrogens with one attached hydrogen (secondary N) is 1. The highest BCUT2D eigenvalue weighted by Crippen LogP contribution is 2.35. The summed E-state index contributed by atoms with van der Waals surface area (Å²) >= 11 is 0. The first-order valence-electron chi connectivity index (χ1n) is 8.44. The van der Waals surface area contributed by atoms with E-state index in [1.165, 1.54) is 0 Å². The maximum atomic E-state index is 12.4. The van der Waals surface area contributed by atoms with Crippen molar-refractivity contribution in [2.45, 2.75) is 25.3 Å². The molecule has 0 bridgehead atoms. The van der Waals surface area contributed by atoms with Gasteiger partial charge in [-0.05, 0) is 37.1 Å². The van der Waals surface area contributed by atoms with Gasteiger partial charge in [0, 0.05) is 43.6 Å². The Labute approximate surface area is 141 Å². The van der Waals surface area contributed by atoms with E-state index in [1.54, 1.807) is 6.20 Å². The molecule has 0 spiro atoms. The minimum absolute atomic E-state index is 0.216. The zero-order valence-electron chi connectivity index (χ0n) is 13.7. The van der Waals surface area contributed by atoms with Crippen LogP contribution in [0.15, 0.2) is 42.6 Å². The molecule has 1 aromatic heterocycles. The number of rotatable bonds is 2. The lowest BCUT2D eigenvalue weighted by molar-refractivity contribution is -0.137. The highest BCUT2D eigenvalue weighted by molar-refractivity contribution is 5.83. The van der Waals surface area contributed by atoms with E-state index in [9.17, 15) is 4.79 Å². The highest BCUT2D eigenvalue weighted by atomic mass is 16.5. The molecule has 3 heterocycles. The predicted molar refractivity (Wildman–Crippen MR) is 92.4 cm³/mol. The van der Waals surface area contributed by atoms with Crippen LogP contribution in [-0.2, 0) is 11.2 Å². The normalized spacial score (nSPS) is 23.5. The van der Waals surface area contributed by atoms with Gasteiger partial charge in [-0.2, -0.15) is 0 Å². The lowest BCUT2D eigenvalue weighted by Crippen LogP contribution is -2.49. The number of pyridine rings is 1. The van der Waals surface area contributed by atoms with Gasteiger partial charge in [0.2, 0.25) is 0 Å². The van der Waals surface area contributed by atoms with Gasteiger partial charge >= 0.3 is 5.97 Å². The van der Waals surface area contributed by atoms with Crippen LogP contribution in [0.3, 0.4) is 0 Å². The van der Waals surface area contributed by atoms with E-state index in [4.69, 9.17) is 4.74 Å². The van der Waals surface area contributed by atoms with E-state index >= 15 is 0 Å². The SMILES string of the molecule is C[C@H]1CN(c2ccc3c(c2)OC(=O)C(c2ccccn2)C3)CCN1. The molecule has 0 aliphatic carbocycles. The molecule has 0 saturated carbocycles. The van der Waals surface area contributed by atoms with Crippen LogP contribution in [0.1, 0.15) is 24.1 Å². The summed E-state index contributed by atoms with van der Waals surface area (Å²) in [4.78, 5) is 19.1. The third-order valence-corrected chi connectivity index (χ3v) is 4.75. The zero-order valence-corrected chi connectivity index (χ0v) is 13.7. The van der Waals surface area contributed by atoms with Crippen molar-refractivity contribution in [3.63, 3.8) is 0 Å². The van der Waals surface area contributed by atoms with Gasteiger partial charge in [-0.15, -0.1) is 0 Å². The number of hydrogen-bond donors (Lipinski definition) is 1. The number of benzene rings is 1. The van der Waals surface area contributed by atoms with Crippen molar-refractivity contribution >= 4 is 11.7 Å². The average Bonchev–Trinajstić information content (AvgIpc) is 2.61. The quantitative estimate of drug-likeness (QED) is 0.678. The molecule has 2 atom stereocenters. The summed E-state index contributed by atoms with van der Waals surface area (Å²) in [5.74, 6) is 0.159. The number of carbonyl (C=O) groups excluding carboxylic acids is 1. The van der Waals surface area contributed by atoms with E-state index in [-0.39, 0.29) is 11.9 Å². The molecule has 1 fully saturated rings. The van der Waals surface area contributed by atoms with Gasteiger partial charge in [-0.1, -0.05) is 12.1 Å². The van der Waals surface area contributed by atoms with Crippen LogP contribution in [-0.4, -0.2) is 36.6 Å². The monoisotopic (exact) mass is 323 g/mol. The first-order chi connectivity index (χ1) is 11.7. The Bertz CT molecular complexity index is 748. The summed E-state index contributed by atoms with van der Waals surface area (Å²) in [6, 6.07) is 12.3. The summed E-state index contributed by atoms with van der Waals surface area (Å²) in [5, 5.41) is 3.44. The Morgan fingerprint density at radius 3 is 3.00 bits per heavy atom. The molecule has 2 aliphatic heterocycles. The second kappa shape index (κ2) is 6.24. The second-order valence-electron chi connectivity index (χ2n) is 6.53. The summed E-state index contributed by atoms with van der Waals surface area (Å²) in [6.45, 7) is 5.08. The van der Waals surface area contributed by atoms with Crippen LogP contribution in [0.25, 0.3) is 0 Å². The third kappa shape index (κ3) is 2.87. The number of esters is 1. The molecule has 0 amide bonds. The molecule has 1 unspecified atom stereocenters. The molecule has 5 nitrogen and oxygen atoms in total. The van der Waals surface area contributed by atoms with Gasteiger partial charge in [0.25, 0.3) is 0 Å². The van der Waals surface area contributed by atoms with Crippen molar-refractivity contribution in [3.05, 3.63) is 53.9 Å². The van der Waals surface area contributed by atoms with Crippen molar-refractivity contribution in [2.75, 3.05) is 24.5 Å². The summed E-state index contributed by atoms with van der Waals surface area (Å²) in [7, 11) is 0. The maximum Gasteiger partial charge on any atom is 0.320 e. The van der Waals surface area contributed by atoms with Crippen LogP contribution in [0.2, 0.25) is 0 Å². The van der Waals surface area contributed by atoms with Crippen molar-refractivity contribution in [1.82, 2.24) is 10.3 Å². The van der Waals surface area contributed by atoms with Crippen LogP contribution >= 0.6 is 0 Å². The molecule has 1 N–H and O–H groups in total. The molecule has 24 heavy (non-hydrogen) atoms. The Kier molecular flexibility index (Phi) is 3.94. The maximum absolute atomic E-state index is 12.4. The van der Waals surface area contributed by atoms with Crippen LogP contribution < -0.4 is 15.0 Å². The molecular formula is C19H21N3O2. The van der Waals surface area contributed by atoms with E-state index < -0.39 is 0 Å². The van der Waals surface area contributed by atoms with Gasteiger partial charge in [0.05, 0.1) is 5.69 Å². The molecule has 1 aromatic carbocycles. The smallest absolute Gasteiger partial charge is 0.320 e. The van der Waals surface area contributed by atoms with Crippen molar-refractivity contribution in [3.8, 4) is 5.75 Å². The third-order valence-electron chi connectivity index (χ3n) is 4.75. The van der Waals surface area contributed by atoms with Gasteiger partial charge in [0.15, 0.2) is 0 Å². The van der Waals surface area contributed by atoms with Gasteiger partial charge in [-0.25, -0.2) is 0 Å².